The van der Waals surface area contributed by atoms with Crippen molar-refractivity contribution in [3.05, 3.63) is 60.8 Å². The minimum Gasteiger partial charge on any atom is -0.756 e. The summed E-state index contributed by atoms with van der Waals surface area (Å²) in [5, 5.41) is 14.1. The lowest BCUT2D eigenvalue weighted by Crippen LogP contribution is -2.46. The van der Waals surface area contributed by atoms with E-state index in [0.29, 0.717) is 23.9 Å². The first-order valence-corrected chi connectivity index (χ1v) is 38.1. The van der Waals surface area contributed by atoms with Gasteiger partial charge in [-0.05, 0) is 57.8 Å². The van der Waals surface area contributed by atoms with Gasteiger partial charge in [0.2, 0.25) is 5.91 Å². The molecule has 8 nitrogen and oxygen atoms in total. The molecule has 0 saturated carbocycles. The Kier molecular flexibility index (Phi) is 64.2. The Balaban J connectivity index is 3.98. The van der Waals surface area contributed by atoms with E-state index < -0.39 is 20.0 Å². The number of phosphoric acid groups is 1. The van der Waals surface area contributed by atoms with Gasteiger partial charge in [-0.3, -0.25) is 9.36 Å². The van der Waals surface area contributed by atoms with E-state index in [9.17, 15) is 19.4 Å². The maximum Gasteiger partial charge on any atom is 0.268 e. The molecule has 0 saturated heterocycles. The zero-order chi connectivity index (χ0) is 61.2. The van der Waals surface area contributed by atoms with Crippen molar-refractivity contribution in [2.24, 2.45) is 0 Å². The summed E-state index contributed by atoms with van der Waals surface area (Å²) in [6.45, 7) is 4.66. The summed E-state index contributed by atoms with van der Waals surface area (Å²) in [5.41, 5.74) is 0. The van der Waals surface area contributed by atoms with E-state index in [1.165, 1.54) is 263 Å². The molecule has 0 spiro atoms. The van der Waals surface area contributed by atoms with Crippen LogP contribution in [0.2, 0.25) is 0 Å². The van der Waals surface area contributed by atoms with Gasteiger partial charge in [0.25, 0.3) is 7.82 Å². The number of carbonyl (C=O) groups is 1. The van der Waals surface area contributed by atoms with E-state index in [1.807, 2.05) is 21.1 Å². The molecular formula is C75H143N2O6P. The minimum absolute atomic E-state index is 0.0132. The third kappa shape index (κ3) is 67.7. The molecule has 1 amide bonds. The lowest BCUT2D eigenvalue weighted by Gasteiger charge is -2.30. The molecule has 3 unspecified atom stereocenters. The second kappa shape index (κ2) is 65.6. The molecular weight excluding hydrogens is 1060 g/mol. The highest BCUT2D eigenvalue weighted by atomic mass is 31.2. The molecule has 0 fully saturated rings. The number of allylic oxidation sites excluding steroid dienone is 10. The number of phosphoric ester groups is 1. The van der Waals surface area contributed by atoms with Crippen molar-refractivity contribution in [2.45, 2.75) is 373 Å². The van der Waals surface area contributed by atoms with E-state index in [1.54, 1.807) is 0 Å². The van der Waals surface area contributed by atoms with Crippen LogP contribution in [0.5, 0.6) is 0 Å². The van der Waals surface area contributed by atoms with Crippen molar-refractivity contribution in [3.8, 4) is 0 Å². The second-order valence-corrected chi connectivity index (χ2v) is 27.7. The summed E-state index contributed by atoms with van der Waals surface area (Å²) in [5.74, 6) is -0.158. The average Bonchev–Trinajstić information content (AvgIpc) is 3.56. The Morgan fingerprint density at radius 1 is 0.429 bits per heavy atom. The number of unbranched alkanes of at least 4 members (excludes halogenated alkanes) is 45. The fourth-order valence-electron chi connectivity index (χ4n) is 11.1. The first-order chi connectivity index (χ1) is 41.0. The number of aliphatic hydroxyl groups is 1. The summed E-state index contributed by atoms with van der Waals surface area (Å²) in [6, 6.07) is -0.803. The number of rotatable bonds is 68. The zero-order valence-electron chi connectivity index (χ0n) is 56.6. The molecule has 0 aliphatic carbocycles. The van der Waals surface area contributed by atoms with Crippen LogP contribution >= 0.6 is 7.82 Å². The lowest BCUT2D eigenvalue weighted by atomic mass is 10.0. The molecule has 2 N–H and O–H groups in total. The third-order valence-electron chi connectivity index (χ3n) is 16.8. The Labute approximate surface area is 523 Å². The van der Waals surface area contributed by atoms with Gasteiger partial charge in [-0.1, -0.05) is 357 Å². The molecule has 9 heteroatoms. The van der Waals surface area contributed by atoms with Gasteiger partial charge in [-0.15, -0.1) is 0 Å². The van der Waals surface area contributed by atoms with Gasteiger partial charge in [0.05, 0.1) is 39.9 Å². The van der Waals surface area contributed by atoms with Gasteiger partial charge >= 0.3 is 0 Å². The number of aliphatic hydroxyl groups excluding tert-OH is 1. The summed E-state index contributed by atoms with van der Waals surface area (Å²) in [7, 11) is 1.32. The van der Waals surface area contributed by atoms with E-state index in [2.05, 4.69) is 79.9 Å². The van der Waals surface area contributed by atoms with E-state index in [-0.39, 0.29) is 19.1 Å². The van der Waals surface area contributed by atoms with Gasteiger partial charge in [0, 0.05) is 6.42 Å². The zero-order valence-corrected chi connectivity index (χ0v) is 57.5. The van der Waals surface area contributed by atoms with Gasteiger partial charge in [0.15, 0.2) is 0 Å². The van der Waals surface area contributed by atoms with E-state index in [4.69, 9.17) is 9.05 Å². The molecule has 494 valence electrons. The fraction of sp³-hybridized carbons (Fsp3) is 0.853. The maximum atomic E-state index is 13.1. The van der Waals surface area contributed by atoms with Crippen LogP contribution in [0.15, 0.2) is 60.8 Å². The Morgan fingerprint density at radius 2 is 0.726 bits per heavy atom. The molecule has 0 aliphatic heterocycles. The topological polar surface area (TPSA) is 108 Å². The average molecular weight is 1200 g/mol. The SMILES string of the molecule is CC/C=C\C/C=C\C/C=C\C/C=C\C/C=C\CCCCCCCCCCCCCCCCCCCCCC(=O)NC(COP(=O)([O-])OCC[N+](C)(C)C)C(O)CCCCCCCCCCCCCCCCCCCCCCCCCCCCC. The molecule has 0 aliphatic rings. The van der Waals surface area contributed by atoms with Gasteiger partial charge < -0.3 is 28.8 Å². The summed E-state index contributed by atoms with van der Waals surface area (Å²) >= 11 is 0. The van der Waals surface area contributed by atoms with Crippen LogP contribution in [-0.2, 0) is 18.4 Å². The van der Waals surface area contributed by atoms with Crippen LogP contribution in [-0.4, -0.2) is 68.5 Å². The first kappa shape index (κ1) is 82.2. The monoisotopic (exact) mass is 1200 g/mol. The normalized spacial score (nSPS) is 13.9. The van der Waals surface area contributed by atoms with E-state index >= 15 is 0 Å². The van der Waals surface area contributed by atoms with Crippen LogP contribution in [0.3, 0.4) is 0 Å². The number of carbonyl (C=O) groups excluding carboxylic acids is 1. The number of likely N-dealkylation sites (N-methyl/N-ethyl adjacent to an activating group) is 1. The molecule has 0 aromatic carbocycles. The second-order valence-electron chi connectivity index (χ2n) is 26.3. The van der Waals surface area contributed by atoms with Gasteiger partial charge in [-0.2, -0.15) is 0 Å². The number of hydrogen-bond acceptors (Lipinski definition) is 6. The number of nitrogens with one attached hydrogen (secondary N) is 1. The van der Waals surface area contributed by atoms with Crippen LogP contribution in [0, 0.1) is 0 Å². The van der Waals surface area contributed by atoms with E-state index in [0.717, 1.165) is 70.6 Å². The van der Waals surface area contributed by atoms with Crippen molar-refractivity contribution < 1.29 is 32.9 Å². The number of hydrogen-bond donors (Lipinski definition) is 2. The van der Waals surface area contributed by atoms with Crippen LogP contribution in [0.25, 0.3) is 0 Å². The van der Waals surface area contributed by atoms with Crippen molar-refractivity contribution in [3.63, 3.8) is 0 Å². The molecule has 84 heavy (non-hydrogen) atoms. The highest BCUT2D eigenvalue weighted by molar-refractivity contribution is 7.45. The third-order valence-corrected chi connectivity index (χ3v) is 17.7. The smallest absolute Gasteiger partial charge is 0.268 e. The predicted molar refractivity (Wildman–Crippen MR) is 367 cm³/mol. The summed E-state index contributed by atoms with van der Waals surface area (Å²) < 4.78 is 23.6. The first-order valence-electron chi connectivity index (χ1n) is 36.6. The molecule has 3 atom stereocenters. The Morgan fingerprint density at radius 3 is 1.06 bits per heavy atom. The van der Waals surface area contributed by atoms with Crippen molar-refractivity contribution >= 4 is 13.7 Å². The van der Waals surface area contributed by atoms with Crippen molar-refractivity contribution in [2.75, 3.05) is 40.9 Å². The lowest BCUT2D eigenvalue weighted by molar-refractivity contribution is -0.870. The minimum atomic E-state index is -4.58. The van der Waals surface area contributed by atoms with Crippen molar-refractivity contribution in [1.29, 1.82) is 0 Å². The van der Waals surface area contributed by atoms with Gasteiger partial charge in [-0.25, -0.2) is 0 Å². The highest BCUT2D eigenvalue weighted by Crippen LogP contribution is 2.38. The van der Waals surface area contributed by atoms with Gasteiger partial charge in [0.1, 0.15) is 13.2 Å². The number of amides is 1. The summed E-state index contributed by atoms with van der Waals surface area (Å²) in [6.07, 6.45) is 90.2. The van der Waals surface area contributed by atoms with Crippen LogP contribution < -0.4 is 10.2 Å². The molecule has 0 rings (SSSR count). The number of nitrogens with zero attached hydrogens (tertiary/aromatic N) is 1. The fourth-order valence-corrected chi connectivity index (χ4v) is 11.9. The Bertz CT molecular complexity index is 1550. The van der Waals surface area contributed by atoms with Crippen LogP contribution in [0.4, 0.5) is 0 Å². The quantitative estimate of drug-likeness (QED) is 0.0272. The molecule has 0 radical (unpaired) electrons. The predicted octanol–water partition coefficient (Wildman–Crippen LogP) is 22.9. The molecule has 0 aromatic rings. The van der Waals surface area contributed by atoms with Crippen molar-refractivity contribution in [1.82, 2.24) is 5.32 Å². The Hall–Kier alpha value is -1.80. The number of quaternary nitrogens is 1. The largest absolute Gasteiger partial charge is 0.756 e. The molecule has 0 aromatic heterocycles. The molecule has 0 bridgehead atoms. The van der Waals surface area contributed by atoms with Crippen LogP contribution in [0.1, 0.15) is 361 Å². The standard InChI is InChI=1S/C75H143N2O6P/c1-6-8-10-12-14-16-18-20-22-24-26-28-30-32-34-35-36-37-38-39-40-41-43-45-47-49-51-53-55-57-59-61-63-65-67-69-75(79)76-73(72-83-84(80,81)82-71-70-77(3,4)5)74(78)68-66-64-62-60-58-56-54-52-50-48-46-44-42-33-31-29-27-25-23-21-19-17-15-13-11-9-7-2/h8,10,14,16,20,22,26,28,32,34,73-74,78H,6-7,9,11-13,15,17-19,21,23-25,27,29-31,33,35-72H2,1-5H3,(H-,76,79,80,81)/b10-8-,16-14-,22-20-,28-26-,34-32-. The summed E-state index contributed by atoms with van der Waals surface area (Å²) in [4.78, 5) is 25.7. The highest BCUT2D eigenvalue weighted by Gasteiger charge is 2.24. The maximum absolute atomic E-state index is 13.1. The molecule has 0 heterocycles.